The Morgan fingerprint density at radius 1 is 1.57 bits per heavy atom. The van der Waals surface area contributed by atoms with Gasteiger partial charge in [-0.1, -0.05) is 11.8 Å². The Hall–Kier alpha value is -0.530. The SMILES string of the molecule is N[C@@H](CS)C(=O)NCC(=O)SCC=O. The van der Waals surface area contributed by atoms with Crippen LogP contribution in [0, 0.1) is 0 Å². The number of hydrogen-bond acceptors (Lipinski definition) is 6. The monoisotopic (exact) mass is 236 g/mol. The molecule has 0 spiro atoms. The number of hydrogen-bond donors (Lipinski definition) is 3. The van der Waals surface area contributed by atoms with Crippen molar-refractivity contribution in [2.45, 2.75) is 6.04 Å². The molecule has 7 heteroatoms. The van der Waals surface area contributed by atoms with Gasteiger partial charge in [0.1, 0.15) is 6.29 Å². The lowest BCUT2D eigenvalue weighted by Crippen LogP contribution is -2.43. The molecule has 0 bridgehead atoms. The van der Waals surface area contributed by atoms with Crippen molar-refractivity contribution in [2.24, 2.45) is 5.73 Å². The number of rotatable bonds is 6. The van der Waals surface area contributed by atoms with Crippen LogP contribution in [0.25, 0.3) is 0 Å². The molecule has 0 aromatic rings. The maximum Gasteiger partial charge on any atom is 0.238 e. The van der Waals surface area contributed by atoms with Gasteiger partial charge in [-0.2, -0.15) is 12.6 Å². The van der Waals surface area contributed by atoms with E-state index in [9.17, 15) is 14.4 Å². The maximum atomic E-state index is 11.0. The number of aldehydes is 1. The summed E-state index contributed by atoms with van der Waals surface area (Å²) in [5, 5.41) is 2.08. The molecule has 0 aromatic carbocycles. The van der Waals surface area contributed by atoms with Crippen molar-refractivity contribution >= 4 is 41.7 Å². The van der Waals surface area contributed by atoms with E-state index in [2.05, 4.69) is 17.9 Å². The molecule has 5 nitrogen and oxygen atoms in total. The number of nitrogens with two attached hydrogens (primary N) is 1. The zero-order valence-electron chi connectivity index (χ0n) is 7.43. The lowest BCUT2D eigenvalue weighted by atomic mass is 10.3. The standard InChI is InChI=1S/C7H12N2O3S2/c8-5(4-13)7(12)9-3-6(11)14-2-1-10/h1,5,13H,2-4,8H2,(H,9,12)/t5-/m0/s1. The van der Waals surface area contributed by atoms with Crippen molar-refractivity contribution in [3.8, 4) is 0 Å². The number of carbonyl (C=O) groups excluding carboxylic acids is 3. The Balaban J connectivity index is 3.66. The van der Waals surface area contributed by atoms with E-state index >= 15 is 0 Å². The molecule has 0 unspecified atom stereocenters. The molecule has 0 saturated carbocycles. The van der Waals surface area contributed by atoms with Crippen molar-refractivity contribution in [1.29, 1.82) is 0 Å². The molecule has 0 aromatic heterocycles. The van der Waals surface area contributed by atoms with Crippen LogP contribution in [-0.4, -0.2) is 41.4 Å². The number of thiol groups is 1. The fourth-order valence-corrected chi connectivity index (χ4v) is 1.15. The Bertz CT molecular complexity index is 223. The summed E-state index contributed by atoms with van der Waals surface area (Å²) in [6.45, 7) is -0.112. The van der Waals surface area contributed by atoms with E-state index in [1.54, 1.807) is 0 Å². The molecule has 1 atom stereocenters. The van der Waals surface area contributed by atoms with E-state index < -0.39 is 11.9 Å². The van der Waals surface area contributed by atoms with Gasteiger partial charge in [-0.25, -0.2) is 0 Å². The average molecular weight is 236 g/mol. The summed E-state index contributed by atoms with van der Waals surface area (Å²) >= 11 is 4.69. The molecule has 0 saturated heterocycles. The highest BCUT2D eigenvalue weighted by molar-refractivity contribution is 8.14. The van der Waals surface area contributed by atoms with Gasteiger partial charge in [-0.05, 0) is 0 Å². The molecular formula is C7H12N2O3S2. The third kappa shape index (κ3) is 6.01. The van der Waals surface area contributed by atoms with Crippen LogP contribution in [0.2, 0.25) is 0 Å². The highest BCUT2D eigenvalue weighted by Crippen LogP contribution is 1.97. The van der Waals surface area contributed by atoms with Gasteiger partial charge in [0.15, 0.2) is 0 Å². The third-order valence-corrected chi connectivity index (χ3v) is 2.42. The number of carbonyl (C=O) groups is 3. The molecule has 0 aliphatic heterocycles. The summed E-state index contributed by atoms with van der Waals surface area (Å²) in [6.07, 6.45) is 0.629. The minimum absolute atomic E-state index is 0.104. The molecule has 0 aliphatic carbocycles. The Kier molecular flexibility index (Phi) is 7.54. The Morgan fingerprint density at radius 3 is 2.71 bits per heavy atom. The van der Waals surface area contributed by atoms with Crippen LogP contribution in [-0.2, 0) is 14.4 Å². The first kappa shape index (κ1) is 13.5. The Labute approximate surface area is 91.6 Å². The van der Waals surface area contributed by atoms with Gasteiger partial charge in [0.2, 0.25) is 11.0 Å². The van der Waals surface area contributed by atoms with Crippen molar-refractivity contribution in [1.82, 2.24) is 5.32 Å². The topological polar surface area (TPSA) is 89.3 Å². The number of nitrogens with one attached hydrogen (secondary N) is 1. The first-order valence-corrected chi connectivity index (χ1v) is 5.47. The first-order chi connectivity index (χ1) is 6.61. The van der Waals surface area contributed by atoms with Crippen molar-refractivity contribution < 1.29 is 14.4 Å². The predicted molar refractivity (Wildman–Crippen MR) is 58.4 cm³/mol. The first-order valence-electron chi connectivity index (χ1n) is 3.85. The smallest absolute Gasteiger partial charge is 0.238 e. The lowest BCUT2D eigenvalue weighted by molar-refractivity contribution is -0.123. The van der Waals surface area contributed by atoms with Crippen molar-refractivity contribution in [3.63, 3.8) is 0 Å². The molecule has 0 fully saturated rings. The fraction of sp³-hybridized carbons (Fsp3) is 0.571. The average Bonchev–Trinajstić information content (AvgIpc) is 2.21. The van der Waals surface area contributed by atoms with E-state index in [4.69, 9.17) is 5.73 Å². The van der Waals surface area contributed by atoms with Crippen LogP contribution in [0.3, 0.4) is 0 Å². The van der Waals surface area contributed by atoms with Gasteiger partial charge < -0.3 is 15.8 Å². The second-order valence-electron chi connectivity index (χ2n) is 2.36. The second kappa shape index (κ2) is 7.84. The van der Waals surface area contributed by atoms with E-state index in [1.165, 1.54) is 0 Å². The maximum absolute atomic E-state index is 11.0. The Morgan fingerprint density at radius 2 is 2.21 bits per heavy atom. The summed E-state index contributed by atoms with van der Waals surface area (Å²) in [6, 6.07) is -0.706. The number of amides is 1. The van der Waals surface area contributed by atoms with Gasteiger partial charge in [-0.15, -0.1) is 0 Å². The normalized spacial score (nSPS) is 11.9. The van der Waals surface area contributed by atoms with E-state index in [-0.39, 0.29) is 23.2 Å². The molecule has 1 amide bonds. The van der Waals surface area contributed by atoms with E-state index in [1.807, 2.05) is 0 Å². The summed E-state index contributed by atoms with van der Waals surface area (Å²) in [5.41, 5.74) is 5.34. The minimum Gasteiger partial charge on any atom is -0.347 e. The van der Waals surface area contributed by atoms with E-state index in [0.717, 1.165) is 11.8 Å². The van der Waals surface area contributed by atoms with Crippen LogP contribution < -0.4 is 11.1 Å². The molecule has 80 valence electrons. The summed E-state index contributed by atoms with van der Waals surface area (Å²) < 4.78 is 0. The van der Waals surface area contributed by atoms with Crippen molar-refractivity contribution in [3.05, 3.63) is 0 Å². The van der Waals surface area contributed by atoms with Crippen LogP contribution in [0.5, 0.6) is 0 Å². The zero-order valence-corrected chi connectivity index (χ0v) is 9.14. The zero-order chi connectivity index (χ0) is 11.0. The van der Waals surface area contributed by atoms with Crippen LogP contribution in [0.15, 0.2) is 0 Å². The minimum atomic E-state index is -0.706. The van der Waals surface area contributed by atoms with Gasteiger partial charge in [-0.3, -0.25) is 9.59 Å². The molecule has 3 N–H and O–H groups in total. The third-order valence-electron chi connectivity index (χ3n) is 1.25. The van der Waals surface area contributed by atoms with Gasteiger partial charge >= 0.3 is 0 Å². The lowest BCUT2D eigenvalue weighted by Gasteiger charge is -2.07. The summed E-state index contributed by atoms with van der Waals surface area (Å²) in [4.78, 5) is 31.9. The van der Waals surface area contributed by atoms with Crippen LogP contribution in [0.1, 0.15) is 0 Å². The predicted octanol–water partition coefficient (Wildman–Crippen LogP) is -1.18. The van der Waals surface area contributed by atoms with E-state index in [0.29, 0.717) is 6.29 Å². The van der Waals surface area contributed by atoms with Crippen LogP contribution >= 0.6 is 24.4 Å². The highest BCUT2D eigenvalue weighted by Gasteiger charge is 2.12. The number of thioether (sulfide) groups is 1. The largest absolute Gasteiger partial charge is 0.347 e. The molecule has 14 heavy (non-hydrogen) atoms. The van der Waals surface area contributed by atoms with Gasteiger partial charge in [0.25, 0.3) is 0 Å². The van der Waals surface area contributed by atoms with Crippen molar-refractivity contribution in [2.75, 3.05) is 18.1 Å². The summed E-state index contributed by atoms with van der Waals surface area (Å²) in [5.74, 6) is -0.0884. The molecule has 0 aliphatic rings. The molecule has 0 rings (SSSR count). The van der Waals surface area contributed by atoms with Gasteiger partial charge in [0, 0.05) is 5.75 Å². The molecule has 0 heterocycles. The second-order valence-corrected chi connectivity index (χ2v) is 3.80. The molecule has 0 radical (unpaired) electrons. The van der Waals surface area contributed by atoms with Gasteiger partial charge in [0.05, 0.1) is 18.3 Å². The van der Waals surface area contributed by atoms with Crippen LogP contribution in [0.4, 0.5) is 0 Å². The molecular weight excluding hydrogens is 224 g/mol. The fourth-order valence-electron chi connectivity index (χ4n) is 0.551. The highest BCUT2D eigenvalue weighted by atomic mass is 32.2. The summed E-state index contributed by atoms with van der Waals surface area (Å²) in [7, 11) is 0. The quantitative estimate of drug-likeness (QED) is 0.399.